The Kier molecular flexibility index (Phi) is 4.82. The van der Waals surface area contributed by atoms with Crippen LogP contribution in [0, 0.1) is 5.82 Å². The summed E-state index contributed by atoms with van der Waals surface area (Å²) in [7, 11) is 2.14. The molecule has 2 aliphatic rings. The lowest BCUT2D eigenvalue weighted by Crippen LogP contribution is -2.45. The Morgan fingerprint density at radius 2 is 2.00 bits per heavy atom. The van der Waals surface area contributed by atoms with Crippen molar-refractivity contribution in [3.8, 4) is 0 Å². The number of hydrogen-bond donors (Lipinski definition) is 0. The summed E-state index contributed by atoms with van der Waals surface area (Å²) in [5, 5.41) is 0. The Balaban J connectivity index is 1.33. The highest BCUT2D eigenvalue weighted by atomic mass is 19.1. The van der Waals surface area contributed by atoms with Crippen molar-refractivity contribution in [2.45, 2.75) is 37.5 Å². The SMILES string of the molecule is CN(Cc1ccccn1)[C@H]1COC2(CCN(c3ncc(F)cn3)CC2)C1. The molecule has 6 nitrogen and oxygen atoms in total. The molecule has 0 aromatic carbocycles. The number of likely N-dealkylation sites (N-methyl/N-ethyl adjacent to an activating group) is 1. The van der Waals surface area contributed by atoms with Gasteiger partial charge in [-0.25, -0.2) is 14.4 Å². The third-order valence-corrected chi connectivity index (χ3v) is 5.51. The molecule has 0 saturated carbocycles. The number of halogens is 1. The predicted molar refractivity (Wildman–Crippen MR) is 96.2 cm³/mol. The minimum atomic E-state index is -0.403. The third kappa shape index (κ3) is 3.68. The van der Waals surface area contributed by atoms with Crippen molar-refractivity contribution in [3.63, 3.8) is 0 Å². The molecule has 0 bridgehead atoms. The minimum absolute atomic E-state index is 0.0560. The van der Waals surface area contributed by atoms with Crippen molar-refractivity contribution in [2.24, 2.45) is 0 Å². The molecule has 0 aliphatic carbocycles. The number of piperidine rings is 1. The minimum Gasteiger partial charge on any atom is -0.373 e. The first-order valence-corrected chi connectivity index (χ1v) is 9.10. The van der Waals surface area contributed by atoms with Crippen LogP contribution in [0.3, 0.4) is 0 Å². The van der Waals surface area contributed by atoms with Gasteiger partial charge in [-0.1, -0.05) is 6.07 Å². The molecule has 0 unspecified atom stereocenters. The molecular weight excluding hydrogens is 333 g/mol. The van der Waals surface area contributed by atoms with Crippen LogP contribution < -0.4 is 4.90 Å². The molecule has 1 spiro atoms. The smallest absolute Gasteiger partial charge is 0.225 e. The molecule has 138 valence electrons. The fourth-order valence-corrected chi connectivity index (χ4v) is 3.91. The normalized spacial score (nSPS) is 22.3. The van der Waals surface area contributed by atoms with Gasteiger partial charge in [0, 0.05) is 31.9 Å². The van der Waals surface area contributed by atoms with Gasteiger partial charge in [0.1, 0.15) is 0 Å². The molecule has 2 fully saturated rings. The topological polar surface area (TPSA) is 54.4 Å². The van der Waals surface area contributed by atoms with Gasteiger partial charge in [-0.2, -0.15) is 0 Å². The van der Waals surface area contributed by atoms with Crippen molar-refractivity contribution >= 4 is 5.95 Å². The van der Waals surface area contributed by atoms with Crippen LogP contribution in [0.1, 0.15) is 25.0 Å². The van der Waals surface area contributed by atoms with Crippen LogP contribution in [0.2, 0.25) is 0 Å². The van der Waals surface area contributed by atoms with E-state index in [4.69, 9.17) is 4.74 Å². The van der Waals surface area contributed by atoms with Gasteiger partial charge in [-0.05, 0) is 38.4 Å². The molecule has 2 aromatic rings. The number of ether oxygens (including phenoxy) is 1. The summed E-state index contributed by atoms with van der Waals surface area (Å²) in [6.45, 7) is 3.27. The Labute approximate surface area is 153 Å². The molecule has 2 aromatic heterocycles. The van der Waals surface area contributed by atoms with Crippen LogP contribution in [0.5, 0.6) is 0 Å². The molecule has 0 N–H and O–H groups in total. The first kappa shape index (κ1) is 17.3. The second-order valence-electron chi connectivity index (χ2n) is 7.28. The summed E-state index contributed by atoms with van der Waals surface area (Å²) in [5.74, 6) is 0.197. The molecule has 2 saturated heterocycles. The number of anilines is 1. The molecule has 26 heavy (non-hydrogen) atoms. The standard InChI is InChI=1S/C19H24FN5O/c1-24(13-16-4-2-3-7-21-16)17-10-19(26-14-17)5-8-25(9-6-19)18-22-11-15(20)12-23-18/h2-4,7,11-12,17H,5-6,8-10,13-14H2,1H3/t17-/m1/s1. The molecule has 4 rings (SSSR count). The Bertz CT molecular complexity index is 718. The van der Waals surface area contributed by atoms with Crippen LogP contribution >= 0.6 is 0 Å². The van der Waals surface area contributed by atoms with Crippen molar-refractivity contribution < 1.29 is 9.13 Å². The van der Waals surface area contributed by atoms with E-state index in [-0.39, 0.29) is 5.60 Å². The van der Waals surface area contributed by atoms with Crippen LogP contribution in [0.4, 0.5) is 10.3 Å². The summed E-state index contributed by atoms with van der Waals surface area (Å²) >= 11 is 0. The van der Waals surface area contributed by atoms with E-state index in [2.05, 4.69) is 37.9 Å². The van der Waals surface area contributed by atoms with E-state index in [0.717, 1.165) is 51.2 Å². The number of rotatable bonds is 4. The predicted octanol–water partition coefficient (Wildman–Crippen LogP) is 2.27. The molecule has 4 heterocycles. The van der Waals surface area contributed by atoms with Gasteiger partial charge in [0.15, 0.2) is 5.82 Å². The number of aromatic nitrogens is 3. The third-order valence-electron chi connectivity index (χ3n) is 5.51. The zero-order valence-electron chi connectivity index (χ0n) is 15.0. The average molecular weight is 357 g/mol. The lowest BCUT2D eigenvalue weighted by Gasteiger charge is -2.38. The van der Waals surface area contributed by atoms with E-state index in [1.54, 1.807) is 0 Å². The van der Waals surface area contributed by atoms with Gasteiger partial charge in [0.2, 0.25) is 5.95 Å². The maximum Gasteiger partial charge on any atom is 0.225 e. The van der Waals surface area contributed by atoms with Crippen molar-refractivity contribution in [3.05, 3.63) is 48.3 Å². The number of pyridine rings is 1. The van der Waals surface area contributed by atoms with Crippen molar-refractivity contribution in [1.29, 1.82) is 0 Å². The van der Waals surface area contributed by atoms with Crippen molar-refractivity contribution in [2.75, 3.05) is 31.6 Å². The average Bonchev–Trinajstić information content (AvgIpc) is 3.08. The molecule has 2 aliphatic heterocycles. The second-order valence-corrected chi connectivity index (χ2v) is 7.28. The largest absolute Gasteiger partial charge is 0.373 e. The van der Waals surface area contributed by atoms with Gasteiger partial charge in [-0.3, -0.25) is 9.88 Å². The van der Waals surface area contributed by atoms with Crippen molar-refractivity contribution in [1.82, 2.24) is 19.9 Å². The molecule has 1 atom stereocenters. The molecular formula is C19H24FN5O. The van der Waals surface area contributed by atoms with E-state index < -0.39 is 5.82 Å². The van der Waals surface area contributed by atoms with Gasteiger partial charge >= 0.3 is 0 Å². The van der Waals surface area contributed by atoms with Crippen LogP contribution in [-0.4, -0.2) is 58.2 Å². The maximum absolute atomic E-state index is 13.0. The van der Waals surface area contributed by atoms with Crippen LogP contribution in [0.15, 0.2) is 36.8 Å². The van der Waals surface area contributed by atoms with E-state index in [1.165, 1.54) is 12.4 Å². The van der Waals surface area contributed by atoms with E-state index in [0.29, 0.717) is 12.0 Å². The Morgan fingerprint density at radius 1 is 1.23 bits per heavy atom. The first-order chi connectivity index (χ1) is 12.6. The quantitative estimate of drug-likeness (QED) is 0.837. The number of nitrogens with zero attached hydrogens (tertiary/aromatic N) is 5. The highest BCUT2D eigenvalue weighted by molar-refractivity contribution is 5.30. The lowest BCUT2D eigenvalue weighted by molar-refractivity contribution is -0.0159. The van der Waals surface area contributed by atoms with Gasteiger partial charge in [0.05, 0.1) is 30.3 Å². The summed E-state index contributed by atoms with van der Waals surface area (Å²) in [6.07, 6.45) is 7.21. The molecule has 0 radical (unpaired) electrons. The summed E-state index contributed by atoms with van der Waals surface area (Å²) < 4.78 is 19.3. The maximum atomic E-state index is 13.0. The second kappa shape index (κ2) is 7.25. The first-order valence-electron chi connectivity index (χ1n) is 9.10. The lowest BCUT2D eigenvalue weighted by atomic mass is 9.87. The van der Waals surface area contributed by atoms with Gasteiger partial charge in [-0.15, -0.1) is 0 Å². The zero-order chi connectivity index (χ0) is 18.0. The highest BCUT2D eigenvalue weighted by Crippen LogP contribution is 2.38. The van der Waals surface area contributed by atoms with E-state index in [9.17, 15) is 4.39 Å². The Morgan fingerprint density at radius 3 is 2.69 bits per heavy atom. The van der Waals surface area contributed by atoms with Gasteiger partial charge < -0.3 is 9.64 Å². The monoisotopic (exact) mass is 357 g/mol. The fourth-order valence-electron chi connectivity index (χ4n) is 3.91. The van der Waals surface area contributed by atoms with Crippen LogP contribution in [0.25, 0.3) is 0 Å². The highest BCUT2D eigenvalue weighted by Gasteiger charge is 2.44. The number of hydrogen-bond acceptors (Lipinski definition) is 6. The summed E-state index contributed by atoms with van der Waals surface area (Å²) in [5.41, 5.74) is 1.03. The van der Waals surface area contributed by atoms with Crippen LogP contribution in [-0.2, 0) is 11.3 Å². The molecule has 7 heteroatoms. The van der Waals surface area contributed by atoms with Gasteiger partial charge in [0.25, 0.3) is 0 Å². The summed E-state index contributed by atoms with van der Waals surface area (Å²) in [4.78, 5) is 17.0. The molecule has 0 amide bonds. The van der Waals surface area contributed by atoms with E-state index in [1.807, 2.05) is 18.3 Å². The summed E-state index contributed by atoms with van der Waals surface area (Å²) in [6, 6.07) is 6.43. The fraction of sp³-hybridized carbons (Fsp3) is 0.526. The zero-order valence-corrected chi connectivity index (χ0v) is 15.0. The Hall–Kier alpha value is -2.12. The van der Waals surface area contributed by atoms with E-state index >= 15 is 0 Å².